The molecule has 1 unspecified atom stereocenters. The zero-order valence-corrected chi connectivity index (χ0v) is 12.6. The first-order valence-corrected chi connectivity index (χ1v) is 8.12. The summed E-state index contributed by atoms with van der Waals surface area (Å²) in [4.78, 5) is 11.4. The number of rotatable bonds is 8. The maximum absolute atomic E-state index is 12.8. The van der Waals surface area contributed by atoms with Gasteiger partial charge < -0.3 is 9.26 Å². The minimum atomic E-state index is -3.20. The van der Waals surface area contributed by atoms with Gasteiger partial charge in [0.25, 0.3) is 0 Å². The van der Waals surface area contributed by atoms with Crippen molar-refractivity contribution in [3.05, 3.63) is 43.0 Å². The van der Waals surface area contributed by atoms with E-state index < -0.39 is 19.5 Å². The lowest BCUT2D eigenvalue weighted by molar-refractivity contribution is -0.142. The monoisotopic (exact) mass is 297 g/mol. The Morgan fingerprint density at radius 1 is 1.45 bits per heavy atom. The molecule has 6 heteroatoms. The Bertz CT molecular complexity index is 489. The fourth-order valence-corrected chi connectivity index (χ4v) is 3.53. The summed E-state index contributed by atoms with van der Waals surface area (Å²) < 4.78 is 23.0. The number of hydrogen-bond donors (Lipinski definition) is 1. The highest BCUT2D eigenvalue weighted by Crippen LogP contribution is 2.44. The lowest BCUT2D eigenvalue weighted by Gasteiger charge is -2.22. The molecule has 0 aliphatic heterocycles. The Morgan fingerprint density at radius 3 is 2.65 bits per heavy atom. The zero-order chi connectivity index (χ0) is 15.0. The summed E-state index contributed by atoms with van der Waals surface area (Å²) in [5, 5.41) is 2.74. The molecule has 0 aliphatic carbocycles. The minimum absolute atomic E-state index is 0.257. The maximum atomic E-state index is 12.8. The molecule has 0 heterocycles. The fourth-order valence-electron chi connectivity index (χ4n) is 1.57. The van der Waals surface area contributed by atoms with Gasteiger partial charge in [0.05, 0.1) is 13.3 Å². The molecule has 110 valence electrons. The normalized spacial score (nSPS) is 14.9. The standard InChI is InChI=1S/C14H20NO4P/c1-4-5-11-20(17,15-12(2)14(16)18-3)19-13-9-7-6-8-10-13/h4,6-10,12H,1,5,11H2,2-3H3,(H,15,17)/t12-,20?/m0/s1. The van der Waals surface area contributed by atoms with Crippen LogP contribution in [0.25, 0.3) is 0 Å². The quantitative estimate of drug-likeness (QED) is 0.454. The van der Waals surface area contributed by atoms with Gasteiger partial charge in [0.15, 0.2) is 0 Å². The number of carbonyl (C=O) groups excluding carboxylic acids is 1. The van der Waals surface area contributed by atoms with Gasteiger partial charge in [-0.05, 0) is 25.5 Å². The molecule has 0 aliphatic rings. The van der Waals surface area contributed by atoms with Crippen molar-refractivity contribution in [1.82, 2.24) is 5.09 Å². The number of hydrogen-bond acceptors (Lipinski definition) is 4. The van der Waals surface area contributed by atoms with E-state index >= 15 is 0 Å². The van der Waals surface area contributed by atoms with Crippen LogP contribution in [0.4, 0.5) is 0 Å². The number of nitrogens with one attached hydrogen (secondary N) is 1. The van der Waals surface area contributed by atoms with Gasteiger partial charge in [-0.3, -0.25) is 9.36 Å². The highest BCUT2D eigenvalue weighted by molar-refractivity contribution is 7.57. The molecule has 2 atom stereocenters. The molecular formula is C14H20NO4P. The number of ether oxygens (including phenoxy) is 1. The molecule has 0 saturated heterocycles. The number of methoxy groups -OCH3 is 1. The first-order valence-electron chi connectivity index (χ1n) is 6.31. The fraction of sp³-hybridized carbons (Fsp3) is 0.357. The molecule has 1 aromatic rings. The van der Waals surface area contributed by atoms with Gasteiger partial charge in [0, 0.05) is 0 Å². The molecule has 20 heavy (non-hydrogen) atoms. The van der Waals surface area contributed by atoms with E-state index in [0.717, 1.165) is 0 Å². The Hall–Kier alpha value is -1.58. The minimum Gasteiger partial charge on any atom is -0.468 e. The van der Waals surface area contributed by atoms with Gasteiger partial charge in [-0.25, -0.2) is 5.09 Å². The Balaban J connectivity index is 2.83. The predicted molar refractivity (Wildman–Crippen MR) is 79.0 cm³/mol. The van der Waals surface area contributed by atoms with E-state index in [9.17, 15) is 9.36 Å². The van der Waals surface area contributed by atoms with Crippen LogP contribution >= 0.6 is 7.52 Å². The molecule has 0 fully saturated rings. The van der Waals surface area contributed by atoms with Gasteiger partial charge in [-0.15, -0.1) is 6.58 Å². The molecule has 1 rings (SSSR count). The van der Waals surface area contributed by atoms with Crippen LogP contribution < -0.4 is 9.61 Å². The van der Waals surface area contributed by atoms with Crippen molar-refractivity contribution in [3.8, 4) is 5.75 Å². The smallest absolute Gasteiger partial charge is 0.323 e. The first kappa shape index (κ1) is 16.5. The van der Waals surface area contributed by atoms with Crippen LogP contribution in [0, 0.1) is 0 Å². The van der Waals surface area contributed by atoms with E-state index in [0.29, 0.717) is 12.2 Å². The summed E-state index contributed by atoms with van der Waals surface area (Å²) in [6.07, 6.45) is 2.43. The van der Waals surface area contributed by atoms with E-state index in [1.807, 2.05) is 6.07 Å². The molecule has 0 saturated carbocycles. The lowest BCUT2D eigenvalue weighted by Crippen LogP contribution is -2.34. The van der Waals surface area contributed by atoms with Crippen molar-refractivity contribution in [2.24, 2.45) is 0 Å². The Labute approximate surface area is 119 Å². The Kier molecular flexibility index (Phi) is 6.49. The van der Waals surface area contributed by atoms with Crippen molar-refractivity contribution >= 4 is 13.5 Å². The lowest BCUT2D eigenvalue weighted by atomic mass is 10.3. The van der Waals surface area contributed by atoms with E-state index in [4.69, 9.17) is 4.52 Å². The van der Waals surface area contributed by atoms with E-state index in [-0.39, 0.29) is 6.16 Å². The van der Waals surface area contributed by atoms with Crippen LogP contribution in [0.5, 0.6) is 5.75 Å². The van der Waals surface area contributed by atoms with Gasteiger partial charge in [-0.1, -0.05) is 24.3 Å². The van der Waals surface area contributed by atoms with E-state index in [2.05, 4.69) is 16.4 Å². The first-order chi connectivity index (χ1) is 9.50. The highest BCUT2D eigenvalue weighted by atomic mass is 31.2. The number of esters is 1. The third-order valence-electron chi connectivity index (χ3n) is 2.57. The van der Waals surface area contributed by atoms with E-state index in [1.54, 1.807) is 37.3 Å². The SMILES string of the molecule is C=CCCP(=O)(N[C@@H](C)C(=O)OC)Oc1ccccc1. The summed E-state index contributed by atoms with van der Waals surface area (Å²) in [6, 6.07) is 8.13. The molecule has 1 aromatic carbocycles. The predicted octanol–water partition coefficient (Wildman–Crippen LogP) is 2.99. The van der Waals surface area contributed by atoms with Gasteiger partial charge in [0.2, 0.25) is 0 Å². The second-order valence-corrected chi connectivity index (χ2v) is 6.49. The third kappa shape index (κ3) is 5.19. The number of carbonyl (C=O) groups is 1. The van der Waals surface area contributed by atoms with Crippen molar-refractivity contribution in [2.75, 3.05) is 13.3 Å². The second kappa shape index (κ2) is 7.88. The van der Waals surface area contributed by atoms with Gasteiger partial charge in [-0.2, -0.15) is 0 Å². The summed E-state index contributed by atoms with van der Waals surface area (Å²) in [6.45, 7) is 5.19. The van der Waals surface area contributed by atoms with Crippen LogP contribution in [0.3, 0.4) is 0 Å². The number of allylic oxidation sites excluding steroid dienone is 1. The Morgan fingerprint density at radius 2 is 2.10 bits per heavy atom. The third-order valence-corrected chi connectivity index (χ3v) is 4.70. The molecule has 0 radical (unpaired) electrons. The van der Waals surface area contributed by atoms with Crippen molar-refractivity contribution in [3.63, 3.8) is 0 Å². The average molecular weight is 297 g/mol. The molecule has 0 bridgehead atoms. The second-order valence-electron chi connectivity index (χ2n) is 4.25. The molecule has 1 N–H and O–H groups in total. The van der Waals surface area contributed by atoms with Crippen LogP contribution in [-0.2, 0) is 14.1 Å². The van der Waals surface area contributed by atoms with Crippen LogP contribution in [0.2, 0.25) is 0 Å². The molecule has 5 nitrogen and oxygen atoms in total. The van der Waals surface area contributed by atoms with Crippen molar-refractivity contribution in [2.45, 2.75) is 19.4 Å². The van der Waals surface area contributed by atoms with E-state index in [1.165, 1.54) is 7.11 Å². The topological polar surface area (TPSA) is 64.6 Å². The molecule has 0 spiro atoms. The number of benzene rings is 1. The van der Waals surface area contributed by atoms with Crippen molar-refractivity contribution < 1.29 is 18.6 Å². The summed E-state index contributed by atoms with van der Waals surface area (Å²) in [5.74, 6) is 0.00458. The molecule has 0 aromatic heterocycles. The maximum Gasteiger partial charge on any atom is 0.323 e. The van der Waals surface area contributed by atoms with Crippen LogP contribution in [-0.4, -0.2) is 25.3 Å². The molecule has 0 amide bonds. The molecular weight excluding hydrogens is 277 g/mol. The van der Waals surface area contributed by atoms with Gasteiger partial charge in [0.1, 0.15) is 11.8 Å². The summed E-state index contributed by atoms with van der Waals surface area (Å²) >= 11 is 0. The largest absolute Gasteiger partial charge is 0.468 e. The summed E-state index contributed by atoms with van der Waals surface area (Å²) in [7, 11) is -1.92. The number of para-hydroxylation sites is 1. The van der Waals surface area contributed by atoms with Crippen molar-refractivity contribution in [1.29, 1.82) is 0 Å². The summed E-state index contributed by atoms with van der Waals surface area (Å²) in [5.41, 5.74) is 0. The average Bonchev–Trinajstić information content (AvgIpc) is 2.45. The van der Waals surface area contributed by atoms with Gasteiger partial charge >= 0.3 is 13.5 Å². The van der Waals surface area contributed by atoms with Crippen LogP contribution in [0.1, 0.15) is 13.3 Å². The van der Waals surface area contributed by atoms with Crippen LogP contribution in [0.15, 0.2) is 43.0 Å². The highest BCUT2D eigenvalue weighted by Gasteiger charge is 2.29. The zero-order valence-electron chi connectivity index (χ0n) is 11.7.